The summed E-state index contributed by atoms with van der Waals surface area (Å²) >= 11 is 0. The van der Waals surface area contributed by atoms with Crippen LogP contribution in [0.4, 0.5) is 5.95 Å². The summed E-state index contributed by atoms with van der Waals surface area (Å²) < 4.78 is 7.14. The Morgan fingerprint density at radius 1 is 1.25 bits per heavy atom. The van der Waals surface area contributed by atoms with Gasteiger partial charge in [-0.25, -0.2) is 4.98 Å². The fourth-order valence-corrected chi connectivity index (χ4v) is 2.10. The van der Waals surface area contributed by atoms with Crippen molar-refractivity contribution in [3.8, 4) is 5.69 Å². The zero-order valence-corrected chi connectivity index (χ0v) is 12.7. The Bertz CT molecular complexity index is 543. The number of imidazole rings is 1. The van der Waals surface area contributed by atoms with Crippen molar-refractivity contribution in [1.29, 1.82) is 0 Å². The molecule has 0 atom stereocenters. The van der Waals surface area contributed by atoms with Crippen LogP contribution in [0, 0.1) is 6.92 Å². The van der Waals surface area contributed by atoms with Crippen LogP contribution >= 0.6 is 0 Å². The number of anilines is 1. The number of methoxy groups -OCH3 is 1. The summed E-state index contributed by atoms with van der Waals surface area (Å²) in [4.78, 5) is 4.51. The molecule has 0 fully saturated rings. The summed E-state index contributed by atoms with van der Waals surface area (Å²) in [5.41, 5.74) is 3.47. The monoisotopic (exact) mass is 273 g/mol. The highest BCUT2D eigenvalue weighted by Crippen LogP contribution is 2.20. The van der Waals surface area contributed by atoms with Gasteiger partial charge in [0.15, 0.2) is 0 Å². The molecule has 1 aromatic heterocycles. The van der Waals surface area contributed by atoms with E-state index >= 15 is 0 Å². The molecule has 0 unspecified atom stereocenters. The van der Waals surface area contributed by atoms with Gasteiger partial charge in [0, 0.05) is 25.5 Å². The van der Waals surface area contributed by atoms with Gasteiger partial charge in [0.2, 0.25) is 5.95 Å². The maximum absolute atomic E-state index is 5.06. The van der Waals surface area contributed by atoms with Crippen molar-refractivity contribution >= 4 is 5.95 Å². The first-order valence-electron chi connectivity index (χ1n) is 7.01. The largest absolute Gasteiger partial charge is 0.383 e. The number of hydrogen-bond acceptors (Lipinski definition) is 3. The summed E-state index contributed by atoms with van der Waals surface area (Å²) in [7, 11) is 1.70. The van der Waals surface area contributed by atoms with Gasteiger partial charge in [0.05, 0.1) is 12.3 Å². The molecule has 20 heavy (non-hydrogen) atoms. The van der Waals surface area contributed by atoms with Crippen LogP contribution in [-0.2, 0) is 4.74 Å². The molecule has 0 aliphatic carbocycles. The second-order valence-electron chi connectivity index (χ2n) is 5.24. The highest BCUT2D eigenvalue weighted by molar-refractivity contribution is 5.44. The maximum atomic E-state index is 5.06. The van der Waals surface area contributed by atoms with E-state index in [9.17, 15) is 0 Å². The Labute approximate surface area is 120 Å². The van der Waals surface area contributed by atoms with Crippen LogP contribution in [0.25, 0.3) is 5.69 Å². The van der Waals surface area contributed by atoms with E-state index in [0.717, 1.165) is 23.9 Å². The highest BCUT2D eigenvalue weighted by Gasteiger charge is 2.07. The number of nitrogens with one attached hydrogen (secondary N) is 1. The third-order valence-electron chi connectivity index (χ3n) is 3.25. The first kappa shape index (κ1) is 14.6. The topological polar surface area (TPSA) is 39.1 Å². The van der Waals surface area contributed by atoms with Gasteiger partial charge < -0.3 is 10.1 Å². The molecule has 1 N–H and O–H groups in total. The molecule has 0 aliphatic rings. The fraction of sp³-hybridized carbons (Fsp3) is 0.438. The van der Waals surface area contributed by atoms with Crippen LogP contribution in [-0.4, -0.2) is 29.8 Å². The van der Waals surface area contributed by atoms with Gasteiger partial charge in [0.1, 0.15) is 0 Å². The van der Waals surface area contributed by atoms with Crippen LogP contribution in [0.15, 0.2) is 30.5 Å². The van der Waals surface area contributed by atoms with Gasteiger partial charge in [-0.1, -0.05) is 26.0 Å². The molecule has 2 rings (SSSR count). The van der Waals surface area contributed by atoms with Crippen molar-refractivity contribution in [3.05, 3.63) is 41.7 Å². The fourth-order valence-electron chi connectivity index (χ4n) is 2.10. The smallest absolute Gasteiger partial charge is 0.207 e. The van der Waals surface area contributed by atoms with E-state index in [4.69, 9.17) is 4.74 Å². The summed E-state index contributed by atoms with van der Waals surface area (Å²) in [5, 5.41) is 3.30. The molecular weight excluding hydrogens is 250 g/mol. The molecule has 0 radical (unpaired) electrons. The normalized spacial score (nSPS) is 11.1. The number of rotatable bonds is 6. The van der Waals surface area contributed by atoms with Gasteiger partial charge in [-0.05, 0) is 30.5 Å². The average Bonchev–Trinajstić information content (AvgIpc) is 2.80. The van der Waals surface area contributed by atoms with Crippen LogP contribution < -0.4 is 5.32 Å². The van der Waals surface area contributed by atoms with Crippen molar-refractivity contribution in [3.63, 3.8) is 0 Å². The summed E-state index contributed by atoms with van der Waals surface area (Å²) in [5.74, 6) is 1.41. The first-order chi connectivity index (χ1) is 9.61. The predicted octanol–water partition coefficient (Wildman–Crippen LogP) is 3.36. The number of aromatic nitrogens is 2. The van der Waals surface area contributed by atoms with Crippen LogP contribution in [0.3, 0.4) is 0 Å². The number of hydrogen-bond donors (Lipinski definition) is 1. The Morgan fingerprint density at radius 2 is 1.95 bits per heavy atom. The molecule has 1 aromatic carbocycles. The Morgan fingerprint density at radius 3 is 2.55 bits per heavy atom. The molecule has 0 bridgehead atoms. The van der Waals surface area contributed by atoms with Gasteiger partial charge in [-0.2, -0.15) is 0 Å². The summed E-state index contributed by atoms with van der Waals surface area (Å²) in [6, 6.07) is 8.62. The Hall–Kier alpha value is -1.81. The minimum Gasteiger partial charge on any atom is -0.383 e. The summed E-state index contributed by atoms with van der Waals surface area (Å²) in [6.45, 7) is 7.82. The molecule has 0 saturated carbocycles. The maximum Gasteiger partial charge on any atom is 0.207 e. The van der Waals surface area contributed by atoms with Crippen molar-refractivity contribution in [2.24, 2.45) is 0 Å². The lowest BCUT2D eigenvalue weighted by Gasteiger charge is -2.11. The van der Waals surface area contributed by atoms with Gasteiger partial charge in [0.25, 0.3) is 0 Å². The lowest BCUT2D eigenvalue weighted by atomic mass is 10.0. The molecule has 0 spiro atoms. The SMILES string of the molecule is COCCNc1nc(C)cn1-c1ccc(C(C)C)cc1. The van der Waals surface area contributed by atoms with E-state index < -0.39 is 0 Å². The van der Waals surface area contributed by atoms with Crippen molar-refractivity contribution in [2.45, 2.75) is 26.7 Å². The number of nitrogens with zero attached hydrogens (tertiary/aromatic N) is 2. The standard InChI is InChI=1S/C16H23N3O/c1-12(2)14-5-7-15(8-6-14)19-11-13(3)18-16(19)17-9-10-20-4/h5-8,11-12H,9-10H2,1-4H3,(H,17,18). The van der Waals surface area contributed by atoms with E-state index in [1.165, 1.54) is 5.56 Å². The number of aryl methyl sites for hydroxylation is 1. The van der Waals surface area contributed by atoms with Crippen molar-refractivity contribution < 1.29 is 4.74 Å². The zero-order valence-electron chi connectivity index (χ0n) is 12.7. The molecule has 0 saturated heterocycles. The van der Waals surface area contributed by atoms with E-state index in [1.54, 1.807) is 7.11 Å². The third-order valence-corrected chi connectivity index (χ3v) is 3.25. The Kier molecular flexibility index (Phi) is 4.79. The molecule has 4 nitrogen and oxygen atoms in total. The number of benzene rings is 1. The van der Waals surface area contributed by atoms with Gasteiger partial charge in [-0.15, -0.1) is 0 Å². The minimum absolute atomic E-state index is 0.549. The van der Waals surface area contributed by atoms with E-state index in [0.29, 0.717) is 12.5 Å². The molecular formula is C16H23N3O. The Balaban J connectivity index is 2.22. The van der Waals surface area contributed by atoms with Crippen LogP contribution in [0.2, 0.25) is 0 Å². The highest BCUT2D eigenvalue weighted by atomic mass is 16.5. The van der Waals surface area contributed by atoms with Crippen molar-refractivity contribution in [1.82, 2.24) is 9.55 Å². The summed E-state index contributed by atoms with van der Waals surface area (Å²) in [6.07, 6.45) is 2.04. The van der Waals surface area contributed by atoms with E-state index in [1.807, 2.05) is 13.1 Å². The minimum atomic E-state index is 0.549. The quantitative estimate of drug-likeness (QED) is 0.820. The molecule has 0 aliphatic heterocycles. The second-order valence-corrected chi connectivity index (χ2v) is 5.24. The van der Waals surface area contributed by atoms with Crippen molar-refractivity contribution in [2.75, 3.05) is 25.6 Å². The number of ether oxygens (including phenoxy) is 1. The van der Waals surface area contributed by atoms with E-state index in [-0.39, 0.29) is 0 Å². The third kappa shape index (κ3) is 3.39. The van der Waals surface area contributed by atoms with Gasteiger partial charge >= 0.3 is 0 Å². The van der Waals surface area contributed by atoms with Gasteiger partial charge in [-0.3, -0.25) is 4.57 Å². The zero-order chi connectivity index (χ0) is 14.5. The van der Waals surface area contributed by atoms with E-state index in [2.05, 4.69) is 53.0 Å². The molecule has 108 valence electrons. The lowest BCUT2D eigenvalue weighted by Crippen LogP contribution is -2.11. The first-order valence-corrected chi connectivity index (χ1v) is 7.01. The molecule has 4 heteroatoms. The molecule has 2 aromatic rings. The molecule has 0 amide bonds. The molecule has 1 heterocycles. The second kappa shape index (κ2) is 6.57. The lowest BCUT2D eigenvalue weighted by molar-refractivity contribution is 0.210. The van der Waals surface area contributed by atoms with Crippen LogP contribution in [0.1, 0.15) is 31.0 Å². The average molecular weight is 273 g/mol. The predicted molar refractivity (Wildman–Crippen MR) is 82.8 cm³/mol. The van der Waals surface area contributed by atoms with Crippen LogP contribution in [0.5, 0.6) is 0 Å².